The number of hydrogen-bond donors (Lipinski definition) is 1. The first-order valence-corrected chi connectivity index (χ1v) is 11.2. The number of ether oxygens (including phenoxy) is 1. The molecule has 8 heteroatoms. The Morgan fingerprint density at radius 1 is 1.14 bits per heavy atom. The van der Waals surface area contributed by atoms with E-state index >= 15 is 0 Å². The van der Waals surface area contributed by atoms with Gasteiger partial charge in [-0.25, -0.2) is 0 Å². The standard InChI is InChI=1S/C21H23IN4O2S/c1-13-6-5-7-14(2)20(13)28-11-18-24-25-21(26(18)4)29-12-19(27)23-17-9-8-16(22)10-15(17)3/h5-10H,11-12H2,1-4H3,(H,23,27). The van der Waals surface area contributed by atoms with Crippen LogP contribution in [0.15, 0.2) is 41.6 Å². The molecule has 0 aliphatic rings. The number of hydrogen-bond acceptors (Lipinski definition) is 5. The summed E-state index contributed by atoms with van der Waals surface area (Å²) in [6.07, 6.45) is 0. The number of carbonyl (C=O) groups is 1. The summed E-state index contributed by atoms with van der Waals surface area (Å²) < 4.78 is 8.97. The fourth-order valence-electron chi connectivity index (χ4n) is 2.84. The van der Waals surface area contributed by atoms with Crippen LogP contribution in [0.1, 0.15) is 22.5 Å². The number of thioether (sulfide) groups is 1. The van der Waals surface area contributed by atoms with Crippen LogP contribution in [-0.2, 0) is 18.4 Å². The Morgan fingerprint density at radius 2 is 1.86 bits per heavy atom. The van der Waals surface area contributed by atoms with E-state index in [1.54, 1.807) is 0 Å². The van der Waals surface area contributed by atoms with Crippen LogP contribution in [0.2, 0.25) is 0 Å². The zero-order chi connectivity index (χ0) is 21.0. The van der Waals surface area contributed by atoms with Crippen molar-refractivity contribution in [2.45, 2.75) is 32.5 Å². The maximum absolute atomic E-state index is 12.3. The van der Waals surface area contributed by atoms with Crippen LogP contribution in [0.4, 0.5) is 5.69 Å². The number of nitrogens with one attached hydrogen (secondary N) is 1. The third-order valence-corrected chi connectivity index (χ3v) is 6.17. The molecule has 1 N–H and O–H groups in total. The molecule has 6 nitrogen and oxygen atoms in total. The molecule has 0 aliphatic carbocycles. The van der Waals surface area contributed by atoms with Gasteiger partial charge in [-0.1, -0.05) is 30.0 Å². The van der Waals surface area contributed by atoms with E-state index in [0.717, 1.165) is 31.7 Å². The molecule has 0 spiro atoms. The quantitative estimate of drug-likeness (QED) is 0.361. The highest BCUT2D eigenvalue weighted by atomic mass is 127. The largest absolute Gasteiger partial charge is 0.485 e. The summed E-state index contributed by atoms with van der Waals surface area (Å²) in [7, 11) is 1.88. The third kappa shape index (κ3) is 5.51. The van der Waals surface area contributed by atoms with E-state index in [1.807, 2.05) is 68.8 Å². The van der Waals surface area contributed by atoms with E-state index in [-0.39, 0.29) is 11.7 Å². The van der Waals surface area contributed by atoms with Crippen LogP contribution in [0.25, 0.3) is 0 Å². The Labute approximate surface area is 188 Å². The van der Waals surface area contributed by atoms with Gasteiger partial charge in [-0.3, -0.25) is 4.79 Å². The molecule has 29 heavy (non-hydrogen) atoms. The number of amides is 1. The average molecular weight is 522 g/mol. The van der Waals surface area contributed by atoms with Gasteiger partial charge in [-0.05, 0) is 78.3 Å². The fourth-order valence-corrected chi connectivity index (χ4v) is 4.22. The van der Waals surface area contributed by atoms with Crippen LogP contribution < -0.4 is 10.1 Å². The number of carbonyl (C=O) groups excluding carboxylic acids is 1. The second kappa shape index (κ2) is 9.62. The summed E-state index contributed by atoms with van der Waals surface area (Å²) in [6.45, 7) is 6.35. The molecular weight excluding hydrogens is 499 g/mol. The van der Waals surface area contributed by atoms with Crippen molar-refractivity contribution in [3.63, 3.8) is 0 Å². The van der Waals surface area contributed by atoms with E-state index in [4.69, 9.17) is 4.74 Å². The molecule has 0 bridgehead atoms. The van der Waals surface area contributed by atoms with Gasteiger partial charge in [-0.15, -0.1) is 10.2 Å². The zero-order valence-electron chi connectivity index (χ0n) is 16.8. The van der Waals surface area contributed by atoms with Crippen molar-refractivity contribution in [1.29, 1.82) is 0 Å². The molecule has 3 rings (SSSR count). The van der Waals surface area contributed by atoms with Gasteiger partial charge in [0.1, 0.15) is 12.4 Å². The number of rotatable bonds is 7. The molecule has 1 heterocycles. The summed E-state index contributed by atoms with van der Waals surface area (Å²) in [5, 5.41) is 12.0. The summed E-state index contributed by atoms with van der Waals surface area (Å²) >= 11 is 3.61. The Hall–Kier alpha value is -2.07. The molecule has 1 aromatic heterocycles. The van der Waals surface area contributed by atoms with Crippen LogP contribution in [0.3, 0.4) is 0 Å². The van der Waals surface area contributed by atoms with Crippen molar-refractivity contribution in [3.8, 4) is 5.75 Å². The van der Waals surface area contributed by atoms with E-state index in [9.17, 15) is 4.79 Å². The number of aromatic nitrogens is 3. The second-order valence-electron chi connectivity index (χ2n) is 6.76. The smallest absolute Gasteiger partial charge is 0.234 e. The van der Waals surface area contributed by atoms with Gasteiger partial charge >= 0.3 is 0 Å². The third-order valence-electron chi connectivity index (χ3n) is 4.47. The summed E-state index contributed by atoms with van der Waals surface area (Å²) in [5.74, 6) is 1.77. The van der Waals surface area contributed by atoms with Crippen molar-refractivity contribution >= 4 is 45.9 Å². The van der Waals surface area contributed by atoms with E-state index < -0.39 is 0 Å². The molecular formula is C21H23IN4O2S. The molecule has 0 atom stereocenters. The zero-order valence-corrected chi connectivity index (χ0v) is 19.8. The highest BCUT2D eigenvalue weighted by molar-refractivity contribution is 14.1. The van der Waals surface area contributed by atoms with Gasteiger partial charge in [0.15, 0.2) is 11.0 Å². The molecule has 0 aliphatic heterocycles. The molecule has 0 saturated carbocycles. The number of benzene rings is 2. The van der Waals surface area contributed by atoms with Crippen LogP contribution in [-0.4, -0.2) is 26.4 Å². The number of para-hydroxylation sites is 1. The van der Waals surface area contributed by atoms with Crippen molar-refractivity contribution in [2.24, 2.45) is 7.05 Å². The molecule has 3 aromatic rings. The first-order chi connectivity index (χ1) is 13.8. The van der Waals surface area contributed by atoms with Gasteiger partial charge in [0.05, 0.1) is 5.75 Å². The van der Waals surface area contributed by atoms with Crippen molar-refractivity contribution < 1.29 is 9.53 Å². The predicted molar refractivity (Wildman–Crippen MR) is 125 cm³/mol. The lowest BCUT2D eigenvalue weighted by molar-refractivity contribution is -0.113. The van der Waals surface area contributed by atoms with E-state index in [2.05, 4.69) is 38.1 Å². The Bertz CT molecular complexity index is 1020. The Balaban J connectivity index is 1.57. The van der Waals surface area contributed by atoms with Gasteiger partial charge in [0.2, 0.25) is 5.91 Å². The lowest BCUT2D eigenvalue weighted by atomic mass is 10.1. The average Bonchev–Trinajstić information content (AvgIpc) is 3.02. The van der Waals surface area contributed by atoms with Crippen LogP contribution in [0, 0.1) is 24.3 Å². The van der Waals surface area contributed by atoms with Crippen molar-refractivity contribution in [3.05, 3.63) is 62.5 Å². The minimum Gasteiger partial charge on any atom is -0.485 e. The summed E-state index contributed by atoms with van der Waals surface area (Å²) in [5.41, 5.74) is 4.05. The normalized spacial score (nSPS) is 10.8. The molecule has 0 unspecified atom stereocenters. The molecule has 1 amide bonds. The molecule has 0 fully saturated rings. The number of nitrogens with zero attached hydrogens (tertiary/aromatic N) is 3. The molecule has 0 saturated heterocycles. The number of aryl methyl sites for hydroxylation is 3. The Kier molecular flexibility index (Phi) is 7.18. The van der Waals surface area contributed by atoms with Crippen LogP contribution in [0.5, 0.6) is 5.75 Å². The topological polar surface area (TPSA) is 69.0 Å². The Morgan fingerprint density at radius 3 is 2.55 bits per heavy atom. The molecule has 0 radical (unpaired) electrons. The first kappa shape index (κ1) is 21.6. The first-order valence-electron chi connectivity index (χ1n) is 9.11. The summed E-state index contributed by atoms with van der Waals surface area (Å²) in [4.78, 5) is 12.3. The van der Waals surface area contributed by atoms with Gasteiger partial charge < -0.3 is 14.6 Å². The second-order valence-corrected chi connectivity index (χ2v) is 8.95. The van der Waals surface area contributed by atoms with Crippen molar-refractivity contribution in [1.82, 2.24) is 14.8 Å². The van der Waals surface area contributed by atoms with Gasteiger partial charge in [0.25, 0.3) is 0 Å². The van der Waals surface area contributed by atoms with Crippen molar-refractivity contribution in [2.75, 3.05) is 11.1 Å². The van der Waals surface area contributed by atoms with Crippen LogP contribution >= 0.6 is 34.4 Å². The monoisotopic (exact) mass is 522 g/mol. The maximum Gasteiger partial charge on any atom is 0.234 e. The van der Waals surface area contributed by atoms with Gasteiger partial charge in [0, 0.05) is 16.3 Å². The highest BCUT2D eigenvalue weighted by Crippen LogP contribution is 2.24. The molecule has 2 aromatic carbocycles. The lowest BCUT2D eigenvalue weighted by Gasteiger charge is -2.11. The minimum atomic E-state index is -0.0735. The SMILES string of the molecule is Cc1cc(I)ccc1NC(=O)CSc1nnc(COc2c(C)cccc2C)n1C. The minimum absolute atomic E-state index is 0.0735. The predicted octanol–water partition coefficient (Wildman–Crippen LogP) is 4.65. The number of anilines is 1. The van der Waals surface area contributed by atoms with E-state index in [0.29, 0.717) is 17.6 Å². The fraction of sp³-hybridized carbons (Fsp3) is 0.286. The maximum atomic E-state index is 12.3. The van der Waals surface area contributed by atoms with E-state index in [1.165, 1.54) is 11.8 Å². The lowest BCUT2D eigenvalue weighted by Crippen LogP contribution is -2.15. The van der Waals surface area contributed by atoms with Gasteiger partial charge in [-0.2, -0.15) is 0 Å². The highest BCUT2D eigenvalue weighted by Gasteiger charge is 2.13. The number of halogens is 1. The summed E-state index contributed by atoms with van der Waals surface area (Å²) in [6, 6.07) is 12.0. The molecule has 152 valence electrons.